The van der Waals surface area contributed by atoms with Crippen LogP contribution in [-0.2, 0) is 16.0 Å². The first kappa shape index (κ1) is 18.0. The van der Waals surface area contributed by atoms with Crippen LogP contribution in [-0.4, -0.2) is 22.1 Å². The summed E-state index contributed by atoms with van der Waals surface area (Å²) in [6.07, 6.45) is 2.54. The molecule has 1 N–H and O–H groups in total. The molecule has 0 saturated heterocycles. The predicted octanol–water partition coefficient (Wildman–Crippen LogP) is 4.62. The molecule has 28 heavy (non-hydrogen) atoms. The Balaban J connectivity index is 1.91. The molecule has 0 saturated carbocycles. The third-order valence-corrected chi connectivity index (χ3v) is 5.09. The zero-order chi connectivity index (χ0) is 19.7. The first-order chi connectivity index (χ1) is 13.6. The lowest BCUT2D eigenvalue weighted by Crippen LogP contribution is -2.29. The number of anilines is 1. The maximum absolute atomic E-state index is 12.9. The fourth-order valence-corrected chi connectivity index (χ4v) is 3.69. The van der Waals surface area contributed by atoms with E-state index in [-0.39, 0.29) is 18.6 Å². The van der Waals surface area contributed by atoms with E-state index in [1.807, 2.05) is 31.2 Å². The summed E-state index contributed by atoms with van der Waals surface area (Å²) in [5, 5.41) is 3.28. The Kier molecular flexibility index (Phi) is 4.74. The minimum absolute atomic E-state index is 0.175. The van der Waals surface area contributed by atoms with Crippen LogP contribution in [0.5, 0.6) is 0 Å². The van der Waals surface area contributed by atoms with Crippen LogP contribution in [0.1, 0.15) is 31.0 Å². The lowest BCUT2D eigenvalue weighted by molar-refractivity contribution is -0.138. The topological polar surface area (TPSA) is 56.1 Å². The lowest BCUT2D eigenvalue weighted by atomic mass is 9.94. The van der Waals surface area contributed by atoms with Crippen molar-refractivity contribution in [1.29, 1.82) is 0 Å². The number of hydrogen-bond acceptors (Lipinski definition) is 4. The van der Waals surface area contributed by atoms with Gasteiger partial charge < -0.3 is 10.1 Å². The predicted molar refractivity (Wildman–Crippen MR) is 111 cm³/mol. The van der Waals surface area contributed by atoms with Gasteiger partial charge in [0, 0.05) is 5.70 Å². The van der Waals surface area contributed by atoms with Gasteiger partial charge in [0.05, 0.1) is 22.6 Å². The van der Waals surface area contributed by atoms with Gasteiger partial charge in [0.15, 0.2) is 0 Å². The van der Waals surface area contributed by atoms with Crippen molar-refractivity contribution < 1.29 is 9.53 Å². The van der Waals surface area contributed by atoms with E-state index in [9.17, 15) is 4.79 Å². The van der Waals surface area contributed by atoms with E-state index in [1.54, 1.807) is 6.08 Å². The number of nitrogens with one attached hydrogen (secondary N) is 1. The number of hydrogen-bond donors (Lipinski definition) is 1. The highest BCUT2D eigenvalue weighted by Crippen LogP contribution is 2.39. The van der Waals surface area contributed by atoms with E-state index in [2.05, 4.69) is 47.7 Å². The summed E-state index contributed by atoms with van der Waals surface area (Å²) >= 11 is 0. The first-order valence-electron chi connectivity index (χ1n) is 9.45. The molecule has 0 spiro atoms. The highest BCUT2D eigenvalue weighted by atomic mass is 16.5. The van der Waals surface area contributed by atoms with Gasteiger partial charge in [0.25, 0.3) is 0 Å². The van der Waals surface area contributed by atoms with Crippen LogP contribution in [0.25, 0.3) is 11.0 Å². The molecule has 0 radical (unpaired) electrons. The molecule has 0 aliphatic carbocycles. The van der Waals surface area contributed by atoms with Crippen LogP contribution in [0, 0.1) is 0 Å². The molecule has 142 valence electrons. The number of carbonyl (C=O) groups excluding carboxylic acids is 1. The largest absolute Gasteiger partial charge is 0.458 e. The van der Waals surface area contributed by atoms with Crippen LogP contribution in [0.15, 0.2) is 72.5 Å². The molecule has 4 rings (SSSR count). The molecule has 1 aromatic heterocycles. The second kappa shape index (κ2) is 7.35. The van der Waals surface area contributed by atoms with Gasteiger partial charge in [-0.05, 0) is 36.6 Å². The molecule has 3 aromatic rings. The average molecular weight is 373 g/mol. The number of nitrogens with zero attached hydrogens (tertiary/aromatic N) is 2. The number of para-hydroxylation sites is 2. The quantitative estimate of drug-likeness (QED) is 0.524. The molecule has 1 unspecified atom stereocenters. The minimum Gasteiger partial charge on any atom is -0.458 e. The van der Waals surface area contributed by atoms with Gasteiger partial charge in [-0.15, -0.1) is 0 Å². The van der Waals surface area contributed by atoms with Crippen molar-refractivity contribution >= 4 is 23.0 Å². The van der Waals surface area contributed by atoms with Crippen LogP contribution in [0.3, 0.4) is 0 Å². The molecule has 5 nitrogen and oxygen atoms in total. The van der Waals surface area contributed by atoms with Crippen LogP contribution >= 0.6 is 0 Å². The molecule has 1 aliphatic rings. The molecular formula is C23H23N3O2. The van der Waals surface area contributed by atoms with E-state index in [1.165, 1.54) is 5.56 Å². The third kappa shape index (κ3) is 2.99. The lowest BCUT2D eigenvalue weighted by Gasteiger charge is -2.30. The number of aromatic nitrogens is 2. The Bertz CT molecular complexity index is 1080. The Morgan fingerprint density at radius 2 is 2.00 bits per heavy atom. The number of rotatable bonds is 5. The number of allylic oxidation sites excluding steroid dienone is 1. The van der Waals surface area contributed by atoms with Crippen LogP contribution in [0.4, 0.5) is 5.95 Å². The van der Waals surface area contributed by atoms with Gasteiger partial charge in [0.2, 0.25) is 5.95 Å². The minimum atomic E-state index is -0.349. The molecule has 2 heterocycles. The number of carbonyl (C=O) groups is 1. The number of ether oxygens (including phenoxy) is 1. The Morgan fingerprint density at radius 3 is 2.71 bits per heavy atom. The van der Waals surface area contributed by atoms with Gasteiger partial charge in [-0.2, -0.15) is 0 Å². The molecular weight excluding hydrogens is 350 g/mol. The zero-order valence-electron chi connectivity index (χ0n) is 16.1. The molecule has 1 atom stereocenters. The van der Waals surface area contributed by atoms with Crippen molar-refractivity contribution in [2.24, 2.45) is 0 Å². The molecule has 5 heteroatoms. The Morgan fingerprint density at radius 1 is 1.25 bits per heavy atom. The van der Waals surface area contributed by atoms with Gasteiger partial charge in [-0.1, -0.05) is 56.0 Å². The maximum atomic E-state index is 12.9. The number of esters is 1. The van der Waals surface area contributed by atoms with E-state index < -0.39 is 0 Å². The van der Waals surface area contributed by atoms with Crippen molar-refractivity contribution in [1.82, 2.24) is 9.55 Å². The first-order valence-corrected chi connectivity index (χ1v) is 9.45. The summed E-state index contributed by atoms with van der Waals surface area (Å²) in [5.74, 6) is 0.376. The fraction of sp³-hybridized carbons (Fsp3) is 0.217. The summed E-state index contributed by atoms with van der Waals surface area (Å²) < 4.78 is 7.49. The van der Waals surface area contributed by atoms with Crippen LogP contribution < -0.4 is 5.32 Å². The monoisotopic (exact) mass is 373 g/mol. The van der Waals surface area contributed by atoms with Crippen molar-refractivity contribution in [3.63, 3.8) is 0 Å². The highest BCUT2D eigenvalue weighted by molar-refractivity contribution is 5.94. The number of fused-ring (bicyclic) bond motifs is 3. The maximum Gasteiger partial charge on any atom is 0.338 e. The van der Waals surface area contributed by atoms with E-state index in [4.69, 9.17) is 9.72 Å². The van der Waals surface area contributed by atoms with E-state index in [0.717, 1.165) is 34.7 Å². The number of aryl methyl sites for hydroxylation is 1. The highest BCUT2D eigenvalue weighted by Gasteiger charge is 2.34. The third-order valence-electron chi connectivity index (χ3n) is 5.09. The standard InChI is InChI=1S/C23H23N3O2/c1-4-14-28-22(27)20-15(3)24-23-25-18-8-6-7-9-19(18)26(23)21(20)17-12-10-16(5-2)11-13-17/h4,6-13,21H,1,5,14H2,2-3H3,(H,24,25). The van der Waals surface area contributed by atoms with Crippen molar-refractivity contribution in [3.8, 4) is 0 Å². The molecule has 1 aliphatic heterocycles. The number of imidazole rings is 1. The normalized spacial score (nSPS) is 15.9. The summed E-state index contributed by atoms with van der Waals surface area (Å²) in [7, 11) is 0. The van der Waals surface area contributed by atoms with Gasteiger partial charge >= 0.3 is 5.97 Å². The Hall–Kier alpha value is -3.34. The fourth-order valence-electron chi connectivity index (χ4n) is 3.69. The summed E-state index contributed by atoms with van der Waals surface area (Å²) in [5.41, 5.74) is 5.46. The SMILES string of the molecule is C=CCOC(=O)C1=C(C)Nc2nc3ccccc3n2C1c1ccc(CC)cc1. The van der Waals surface area contributed by atoms with E-state index >= 15 is 0 Å². The zero-order valence-corrected chi connectivity index (χ0v) is 16.1. The average Bonchev–Trinajstić information content (AvgIpc) is 3.09. The summed E-state index contributed by atoms with van der Waals surface area (Å²) in [4.78, 5) is 17.7. The smallest absolute Gasteiger partial charge is 0.338 e. The molecule has 0 bridgehead atoms. The molecule has 0 amide bonds. The van der Waals surface area contributed by atoms with Gasteiger partial charge in [-0.25, -0.2) is 9.78 Å². The molecule has 2 aromatic carbocycles. The van der Waals surface area contributed by atoms with Crippen molar-refractivity contribution in [2.45, 2.75) is 26.3 Å². The Labute approximate surface area is 164 Å². The van der Waals surface area contributed by atoms with Gasteiger partial charge in [-0.3, -0.25) is 4.57 Å². The van der Waals surface area contributed by atoms with Crippen molar-refractivity contribution in [3.05, 3.63) is 83.6 Å². The summed E-state index contributed by atoms with van der Waals surface area (Å²) in [6.45, 7) is 7.83. The molecule has 0 fully saturated rings. The second-order valence-electron chi connectivity index (χ2n) is 6.84. The van der Waals surface area contributed by atoms with Crippen molar-refractivity contribution in [2.75, 3.05) is 11.9 Å². The van der Waals surface area contributed by atoms with Crippen LogP contribution in [0.2, 0.25) is 0 Å². The van der Waals surface area contributed by atoms with Gasteiger partial charge in [0.1, 0.15) is 6.61 Å². The van der Waals surface area contributed by atoms with E-state index in [0.29, 0.717) is 5.57 Å². The summed E-state index contributed by atoms with van der Waals surface area (Å²) in [6, 6.07) is 16.0. The second-order valence-corrected chi connectivity index (χ2v) is 6.84. The number of benzene rings is 2.